The molecule has 2 rings (SSSR count). The van der Waals surface area contributed by atoms with E-state index in [1.165, 1.54) is 0 Å². The second-order valence-electron chi connectivity index (χ2n) is 4.45. The highest BCUT2D eigenvalue weighted by Crippen LogP contribution is 2.29. The number of hydrogen-bond donors (Lipinski definition) is 2. The second-order valence-corrected chi connectivity index (χ2v) is 4.85. The van der Waals surface area contributed by atoms with Gasteiger partial charge in [0, 0.05) is 6.54 Å². The van der Waals surface area contributed by atoms with Crippen molar-refractivity contribution in [2.24, 2.45) is 0 Å². The minimum atomic E-state index is 0.715. The van der Waals surface area contributed by atoms with Crippen LogP contribution < -0.4 is 10.6 Å². The molecule has 100 valence electrons. The summed E-state index contributed by atoms with van der Waals surface area (Å²) >= 11 is 6.20. The molecule has 0 radical (unpaired) electrons. The third kappa shape index (κ3) is 3.61. The van der Waals surface area contributed by atoms with E-state index in [0.29, 0.717) is 5.02 Å². The molecule has 1 aromatic carbocycles. The lowest BCUT2D eigenvalue weighted by Crippen LogP contribution is -2.01. The van der Waals surface area contributed by atoms with Gasteiger partial charge in [0.05, 0.1) is 34.5 Å². The summed E-state index contributed by atoms with van der Waals surface area (Å²) in [6.45, 7) is 5.10. The lowest BCUT2D eigenvalue weighted by atomic mass is 10.2. The Hall–Kier alpha value is -1.74. The number of nitrogens with zero attached hydrogens (tertiary/aromatic N) is 1. The largest absolute Gasteiger partial charge is 0.384 e. The lowest BCUT2D eigenvalue weighted by molar-refractivity contribution is 0.978. The van der Waals surface area contributed by atoms with Gasteiger partial charge in [-0.3, -0.25) is 4.98 Å². The lowest BCUT2D eigenvalue weighted by Gasteiger charge is -2.12. The number of benzene rings is 1. The van der Waals surface area contributed by atoms with Crippen molar-refractivity contribution in [3.05, 3.63) is 47.2 Å². The zero-order valence-corrected chi connectivity index (χ0v) is 12.0. The van der Waals surface area contributed by atoms with E-state index in [1.807, 2.05) is 37.4 Å². The van der Waals surface area contributed by atoms with Gasteiger partial charge in [-0.2, -0.15) is 0 Å². The Labute approximate surface area is 119 Å². The van der Waals surface area contributed by atoms with Gasteiger partial charge < -0.3 is 10.6 Å². The van der Waals surface area contributed by atoms with Crippen LogP contribution in [0.25, 0.3) is 0 Å². The third-order valence-electron chi connectivity index (χ3n) is 2.81. The molecule has 0 bridgehead atoms. The van der Waals surface area contributed by atoms with E-state index in [4.69, 9.17) is 11.6 Å². The molecule has 0 aliphatic rings. The molecule has 19 heavy (non-hydrogen) atoms. The van der Waals surface area contributed by atoms with Crippen LogP contribution >= 0.6 is 11.6 Å². The summed E-state index contributed by atoms with van der Waals surface area (Å²) in [6.07, 6.45) is 4.70. The Morgan fingerprint density at radius 3 is 2.74 bits per heavy atom. The summed E-state index contributed by atoms with van der Waals surface area (Å²) in [5, 5.41) is 7.35. The summed E-state index contributed by atoms with van der Waals surface area (Å²) < 4.78 is 0. The van der Waals surface area contributed by atoms with E-state index in [2.05, 4.69) is 22.5 Å². The van der Waals surface area contributed by atoms with Crippen molar-refractivity contribution < 1.29 is 0 Å². The molecule has 0 unspecified atom stereocenters. The van der Waals surface area contributed by atoms with Crippen molar-refractivity contribution >= 4 is 28.7 Å². The summed E-state index contributed by atoms with van der Waals surface area (Å²) in [7, 11) is 0. The van der Waals surface area contributed by atoms with Crippen LogP contribution in [-0.4, -0.2) is 11.5 Å². The Balaban J connectivity index is 2.19. The van der Waals surface area contributed by atoms with Crippen molar-refractivity contribution in [1.29, 1.82) is 0 Å². The number of aromatic nitrogens is 1. The Morgan fingerprint density at radius 2 is 2.00 bits per heavy atom. The molecule has 0 fully saturated rings. The molecule has 2 N–H and O–H groups in total. The molecule has 0 saturated heterocycles. The smallest absolute Gasteiger partial charge is 0.0643 e. The predicted octanol–water partition coefficient (Wildman–Crippen LogP) is 4.61. The molecule has 2 aromatic rings. The van der Waals surface area contributed by atoms with Gasteiger partial charge >= 0.3 is 0 Å². The first-order valence-corrected chi connectivity index (χ1v) is 6.79. The second kappa shape index (κ2) is 6.43. The van der Waals surface area contributed by atoms with Crippen LogP contribution in [-0.2, 0) is 0 Å². The van der Waals surface area contributed by atoms with Crippen LogP contribution in [0, 0.1) is 6.92 Å². The predicted molar refractivity (Wildman–Crippen MR) is 82.5 cm³/mol. The van der Waals surface area contributed by atoms with Crippen LogP contribution in [0.15, 0.2) is 36.7 Å². The Bertz CT molecular complexity index is 535. The standard InChI is InChI=1S/C15H18ClN3/c1-3-7-18-12-8-13(10-17-9-12)19-15-11(2)5-4-6-14(15)16/h4-6,8-10,18-19H,3,7H2,1-2H3. The molecule has 1 aromatic heterocycles. The van der Waals surface area contributed by atoms with Gasteiger partial charge in [0.15, 0.2) is 0 Å². The normalized spacial score (nSPS) is 10.3. The highest BCUT2D eigenvalue weighted by molar-refractivity contribution is 6.33. The van der Waals surface area contributed by atoms with Gasteiger partial charge in [-0.05, 0) is 31.0 Å². The van der Waals surface area contributed by atoms with Crippen LogP contribution in [0.3, 0.4) is 0 Å². The molecule has 0 aliphatic carbocycles. The van der Waals surface area contributed by atoms with Gasteiger partial charge in [-0.25, -0.2) is 0 Å². The number of halogens is 1. The maximum Gasteiger partial charge on any atom is 0.0643 e. The number of anilines is 3. The summed E-state index contributed by atoms with van der Waals surface area (Å²) in [5.74, 6) is 0. The summed E-state index contributed by atoms with van der Waals surface area (Å²) in [6, 6.07) is 7.89. The topological polar surface area (TPSA) is 37.0 Å². The van der Waals surface area contributed by atoms with Gasteiger partial charge in [-0.15, -0.1) is 0 Å². The van der Waals surface area contributed by atoms with Crippen molar-refractivity contribution in [2.45, 2.75) is 20.3 Å². The van der Waals surface area contributed by atoms with Gasteiger partial charge in [0.2, 0.25) is 0 Å². The molecular formula is C15H18ClN3. The zero-order valence-electron chi connectivity index (χ0n) is 11.2. The van der Waals surface area contributed by atoms with E-state index in [0.717, 1.165) is 35.6 Å². The third-order valence-corrected chi connectivity index (χ3v) is 3.12. The molecule has 3 nitrogen and oxygen atoms in total. The van der Waals surface area contributed by atoms with Crippen LogP contribution in [0.2, 0.25) is 5.02 Å². The molecule has 0 atom stereocenters. The van der Waals surface area contributed by atoms with Gasteiger partial charge in [0.25, 0.3) is 0 Å². The highest BCUT2D eigenvalue weighted by Gasteiger charge is 2.04. The van der Waals surface area contributed by atoms with Crippen molar-refractivity contribution in [2.75, 3.05) is 17.2 Å². The fourth-order valence-corrected chi connectivity index (χ4v) is 2.08. The SMILES string of the molecule is CCCNc1cncc(Nc2c(C)cccc2Cl)c1. The molecule has 0 saturated carbocycles. The van der Waals surface area contributed by atoms with E-state index in [9.17, 15) is 0 Å². The Morgan fingerprint density at radius 1 is 1.21 bits per heavy atom. The first-order chi connectivity index (χ1) is 9.20. The number of pyridine rings is 1. The van der Waals surface area contributed by atoms with Crippen LogP contribution in [0.4, 0.5) is 17.1 Å². The number of nitrogens with one attached hydrogen (secondary N) is 2. The fraction of sp³-hybridized carbons (Fsp3) is 0.267. The maximum atomic E-state index is 6.20. The summed E-state index contributed by atoms with van der Waals surface area (Å²) in [5.41, 5.74) is 3.98. The fourth-order valence-electron chi connectivity index (χ4n) is 1.81. The van der Waals surface area contributed by atoms with Crippen molar-refractivity contribution in [3.8, 4) is 0 Å². The average molecular weight is 276 g/mol. The molecule has 4 heteroatoms. The molecule has 0 aliphatic heterocycles. The Kier molecular flexibility index (Phi) is 4.63. The van der Waals surface area contributed by atoms with E-state index in [-0.39, 0.29) is 0 Å². The monoisotopic (exact) mass is 275 g/mol. The number of para-hydroxylation sites is 1. The number of hydrogen-bond acceptors (Lipinski definition) is 3. The van der Waals surface area contributed by atoms with Crippen molar-refractivity contribution in [1.82, 2.24) is 4.98 Å². The first-order valence-electron chi connectivity index (χ1n) is 6.41. The molecule has 0 spiro atoms. The highest BCUT2D eigenvalue weighted by atomic mass is 35.5. The van der Waals surface area contributed by atoms with Crippen LogP contribution in [0.5, 0.6) is 0 Å². The molecule has 1 heterocycles. The van der Waals surface area contributed by atoms with Gasteiger partial charge in [0.1, 0.15) is 0 Å². The van der Waals surface area contributed by atoms with E-state index >= 15 is 0 Å². The minimum absolute atomic E-state index is 0.715. The number of rotatable bonds is 5. The molecular weight excluding hydrogens is 258 g/mol. The zero-order chi connectivity index (χ0) is 13.7. The van der Waals surface area contributed by atoms with Crippen LogP contribution in [0.1, 0.15) is 18.9 Å². The summed E-state index contributed by atoms with van der Waals surface area (Å²) in [4.78, 5) is 4.22. The minimum Gasteiger partial charge on any atom is -0.384 e. The van der Waals surface area contributed by atoms with E-state index < -0.39 is 0 Å². The first kappa shape index (κ1) is 13.7. The average Bonchev–Trinajstić information content (AvgIpc) is 2.41. The maximum absolute atomic E-state index is 6.20. The van der Waals surface area contributed by atoms with E-state index in [1.54, 1.807) is 6.20 Å². The number of aryl methyl sites for hydroxylation is 1. The van der Waals surface area contributed by atoms with Crippen molar-refractivity contribution in [3.63, 3.8) is 0 Å². The van der Waals surface area contributed by atoms with Gasteiger partial charge in [-0.1, -0.05) is 30.7 Å². The quantitative estimate of drug-likeness (QED) is 0.837. The molecule has 0 amide bonds.